The Labute approximate surface area is 154 Å². The number of anilines is 1. The highest BCUT2D eigenvalue weighted by atomic mass is 32.2. The Balaban J connectivity index is 1.87. The van der Waals surface area contributed by atoms with E-state index >= 15 is 0 Å². The van der Waals surface area contributed by atoms with Crippen LogP contribution in [-0.4, -0.2) is 82.9 Å². The van der Waals surface area contributed by atoms with Gasteiger partial charge in [-0.15, -0.1) is 0 Å². The molecule has 26 heavy (non-hydrogen) atoms. The summed E-state index contributed by atoms with van der Waals surface area (Å²) in [6, 6.07) is 4.09. The smallest absolute Gasteiger partial charge is 0.246 e. The number of nitrogens with zero attached hydrogens (tertiary/aromatic N) is 3. The molecule has 0 saturated carbocycles. The molecular formula is C17H25N3O5S. The summed E-state index contributed by atoms with van der Waals surface area (Å²) in [5, 5.41) is 0. The molecular weight excluding hydrogens is 358 g/mol. The normalized spacial score (nSPS) is 19.1. The lowest BCUT2D eigenvalue weighted by atomic mass is 10.2. The molecule has 1 aromatic carbocycles. The van der Waals surface area contributed by atoms with E-state index in [9.17, 15) is 13.2 Å². The predicted molar refractivity (Wildman–Crippen MR) is 98.3 cm³/mol. The van der Waals surface area contributed by atoms with Crippen LogP contribution in [0.15, 0.2) is 18.2 Å². The lowest BCUT2D eigenvalue weighted by Crippen LogP contribution is -2.54. The minimum absolute atomic E-state index is 0.196. The topological polar surface area (TPSA) is 79.4 Å². The minimum Gasteiger partial charge on any atom is -0.486 e. The molecule has 0 bridgehead atoms. The highest BCUT2D eigenvalue weighted by molar-refractivity contribution is 7.92. The Morgan fingerprint density at radius 1 is 1.12 bits per heavy atom. The maximum absolute atomic E-state index is 12.9. The number of amides is 1. The third-order valence-electron chi connectivity index (χ3n) is 4.66. The van der Waals surface area contributed by atoms with Crippen LogP contribution in [0.1, 0.15) is 6.92 Å². The number of sulfonamides is 1. The molecule has 0 radical (unpaired) electrons. The average Bonchev–Trinajstić information content (AvgIpc) is 2.60. The summed E-state index contributed by atoms with van der Waals surface area (Å²) in [5.41, 5.74) is 0.395. The zero-order chi connectivity index (χ0) is 18.9. The van der Waals surface area contributed by atoms with Crippen LogP contribution in [-0.2, 0) is 14.8 Å². The molecule has 1 amide bonds. The first kappa shape index (κ1) is 18.8. The van der Waals surface area contributed by atoms with Gasteiger partial charge >= 0.3 is 0 Å². The van der Waals surface area contributed by atoms with Crippen LogP contribution in [0.5, 0.6) is 11.5 Å². The number of benzene rings is 1. The van der Waals surface area contributed by atoms with Gasteiger partial charge < -0.3 is 19.3 Å². The summed E-state index contributed by atoms with van der Waals surface area (Å²) in [4.78, 5) is 16.8. The Morgan fingerprint density at radius 2 is 1.73 bits per heavy atom. The molecule has 144 valence electrons. The number of carbonyl (C=O) groups is 1. The molecule has 8 nitrogen and oxygen atoms in total. The van der Waals surface area contributed by atoms with Gasteiger partial charge in [-0.25, -0.2) is 8.42 Å². The van der Waals surface area contributed by atoms with Gasteiger partial charge in [-0.2, -0.15) is 0 Å². The van der Waals surface area contributed by atoms with Crippen LogP contribution < -0.4 is 13.8 Å². The first-order chi connectivity index (χ1) is 12.3. The summed E-state index contributed by atoms with van der Waals surface area (Å²) in [7, 11) is -1.66. The van der Waals surface area contributed by atoms with E-state index in [0.29, 0.717) is 43.5 Å². The fourth-order valence-electron chi connectivity index (χ4n) is 3.26. The second kappa shape index (κ2) is 7.32. The number of hydrogen-bond donors (Lipinski definition) is 0. The van der Waals surface area contributed by atoms with Crippen molar-refractivity contribution < 1.29 is 22.7 Å². The van der Waals surface area contributed by atoms with E-state index in [-0.39, 0.29) is 5.91 Å². The molecule has 0 N–H and O–H groups in total. The van der Waals surface area contributed by atoms with Crippen LogP contribution in [0.3, 0.4) is 0 Å². The van der Waals surface area contributed by atoms with Crippen molar-refractivity contribution in [1.82, 2.24) is 9.80 Å². The third-order valence-corrected chi connectivity index (χ3v) is 5.90. The first-order valence-electron chi connectivity index (χ1n) is 8.64. The van der Waals surface area contributed by atoms with Crippen molar-refractivity contribution in [2.45, 2.75) is 13.0 Å². The van der Waals surface area contributed by atoms with Crippen LogP contribution in [0.2, 0.25) is 0 Å². The summed E-state index contributed by atoms with van der Waals surface area (Å²) in [6.07, 6.45) is 1.11. The molecule has 9 heteroatoms. The largest absolute Gasteiger partial charge is 0.486 e. The van der Waals surface area contributed by atoms with Crippen molar-refractivity contribution in [1.29, 1.82) is 0 Å². The quantitative estimate of drug-likeness (QED) is 0.748. The van der Waals surface area contributed by atoms with E-state index < -0.39 is 16.1 Å². The van der Waals surface area contributed by atoms with Crippen LogP contribution >= 0.6 is 0 Å². The minimum atomic E-state index is -3.66. The molecule has 2 aliphatic heterocycles. The second-order valence-electron chi connectivity index (χ2n) is 6.69. The molecule has 2 aliphatic rings. The first-order valence-corrected chi connectivity index (χ1v) is 10.5. The standard InChI is InChI=1S/C17H25N3O5S/c1-13(17(21)19-8-6-18(2)7-9-19)20(26(3,22)23)14-4-5-15-16(12-14)25-11-10-24-15/h4-5,12-13H,6-11H2,1-3H3/t13-/m0/s1. The number of likely N-dealkylation sites (N-methyl/N-ethyl adjacent to an activating group) is 1. The van der Waals surface area contributed by atoms with Crippen molar-refractivity contribution in [3.8, 4) is 11.5 Å². The maximum Gasteiger partial charge on any atom is 0.246 e. The number of ether oxygens (including phenoxy) is 2. The zero-order valence-corrected chi connectivity index (χ0v) is 16.2. The van der Waals surface area contributed by atoms with E-state index in [0.717, 1.165) is 23.7 Å². The zero-order valence-electron chi connectivity index (χ0n) is 15.3. The maximum atomic E-state index is 12.9. The van der Waals surface area contributed by atoms with Gasteiger partial charge in [0.05, 0.1) is 11.9 Å². The Kier molecular flexibility index (Phi) is 5.29. The second-order valence-corrected chi connectivity index (χ2v) is 8.55. The summed E-state index contributed by atoms with van der Waals surface area (Å²) < 4.78 is 37.1. The molecule has 0 unspecified atom stereocenters. The van der Waals surface area contributed by atoms with Gasteiger partial charge in [-0.05, 0) is 26.1 Å². The molecule has 0 spiro atoms. The van der Waals surface area contributed by atoms with E-state index in [1.54, 1.807) is 30.0 Å². The van der Waals surface area contributed by atoms with Gasteiger partial charge in [-0.1, -0.05) is 0 Å². The number of fused-ring (bicyclic) bond motifs is 1. The molecule has 1 atom stereocenters. The molecule has 0 aromatic heterocycles. The van der Waals surface area contributed by atoms with Gasteiger partial charge in [0, 0.05) is 32.2 Å². The predicted octanol–water partition coefficient (Wildman–Crippen LogP) is 0.386. The van der Waals surface area contributed by atoms with Crippen LogP contribution in [0.25, 0.3) is 0 Å². The SMILES string of the molecule is C[C@@H](C(=O)N1CCN(C)CC1)N(c1ccc2c(c1)OCCO2)S(C)(=O)=O. The van der Waals surface area contributed by atoms with Crippen molar-refractivity contribution in [2.24, 2.45) is 0 Å². The summed E-state index contributed by atoms with van der Waals surface area (Å²) in [6.45, 7) is 5.24. The van der Waals surface area contributed by atoms with Crippen molar-refractivity contribution in [3.05, 3.63) is 18.2 Å². The highest BCUT2D eigenvalue weighted by Gasteiger charge is 2.33. The lowest BCUT2D eigenvalue weighted by Gasteiger charge is -2.37. The molecule has 0 aliphatic carbocycles. The Morgan fingerprint density at radius 3 is 2.35 bits per heavy atom. The lowest BCUT2D eigenvalue weighted by molar-refractivity contribution is -0.133. The molecule has 1 saturated heterocycles. The van der Waals surface area contributed by atoms with E-state index in [4.69, 9.17) is 9.47 Å². The molecule has 3 rings (SSSR count). The number of rotatable bonds is 4. The van der Waals surface area contributed by atoms with Crippen molar-refractivity contribution in [2.75, 3.05) is 57.0 Å². The van der Waals surface area contributed by atoms with Gasteiger partial charge in [0.15, 0.2) is 11.5 Å². The van der Waals surface area contributed by atoms with Gasteiger partial charge in [-0.3, -0.25) is 9.10 Å². The molecule has 2 heterocycles. The summed E-state index contributed by atoms with van der Waals surface area (Å²) >= 11 is 0. The Hall–Kier alpha value is -2.00. The highest BCUT2D eigenvalue weighted by Crippen LogP contribution is 2.35. The Bertz CT molecular complexity index is 775. The van der Waals surface area contributed by atoms with Gasteiger partial charge in [0.2, 0.25) is 15.9 Å². The van der Waals surface area contributed by atoms with E-state index in [1.165, 1.54) is 0 Å². The average molecular weight is 383 g/mol. The van der Waals surface area contributed by atoms with Crippen molar-refractivity contribution >= 4 is 21.6 Å². The van der Waals surface area contributed by atoms with Gasteiger partial charge in [0.1, 0.15) is 19.3 Å². The monoisotopic (exact) mass is 383 g/mol. The fourth-order valence-corrected chi connectivity index (χ4v) is 4.42. The number of piperazine rings is 1. The number of carbonyl (C=O) groups excluding carboxylic acids is 1. The van der Waals surface area contributed by atoms with E-state index in [1.807, 2.05) is 7.05 Å². The third kappa shape index (κ3) is 3.88. The molecule has 1 aromatic rings. The van der Waals surface area contributed by atoms with Crippen LogP contribution in [0.4, 0.5) is 5.69 Å². The van der Waals surface area contributed by atoms with Crippen LogP contribution in [0, 0.1) is 0 Å². The number of hydrogen-bond acceptors (Lipinski definition) is 6. The van der Waals surface area contributed by atoms with Gasteiger partial charge in [0.25, 0.3) is 0 Å². The van der Waals surface area contributed by atoms with Crippen molar-refractivity contribution in [3.63, 3.8) is 0 Å². The van der Waals surface area contributed by atoms with E-state index in [2.05, 4.69) is 4.90 Å². The molecule has 1 fully saturated rings. The summed E-state index contributed by atoms with van der Waals surface area (Å²) in [5.74, 6) is 0.867. The fraction of sp³-hybridized carbons (Fsp3) is 0.588.